The molecule has 5 heteroatoms. The average molecular weight is 473 g/mol. The van der Waals surface area contributed by atoms with Crippen molar-refractivity contribution in [2.24, 2.45) is 0 Å². The largest absolute Gasteiger partial charge is 0.397 e. The summed E-state index contributed by atoms with van der Waals surface area (Å²) < 4.78 is 16.3. The Bertz CT molecular complexity index is 1700. The van der Waals surface area contributed by atoms with E-state index in [0.717, 1.165) is 28.0 Å². The predicted octanol–water partition coefficient (Wildman–Crippen LogP) is 8.10. The molecule has 0 radical (unpaired) electrons. The van der Waals surface area contributed by atoms with E-state index in [1.807, 2.05) is 36.4 Å². The van der Waals surface area contributed by atoms with Crippen LogP contribution >= 0.6 is 0 Å². The minimum Gasteiger partial charge on any atom is -0.397 e. The minimum atomic E-state index is 0.442. The quantitative estimate of drug-likeness (QED) is 0.197. The van der Waals surface area contributed by atoms with Crippen LogP contribution in [0.25, 0.3) is 38.6 Å². The number of hydrogen-bond donors (Lipinski definition) is 2. The van der Waals surface area contributed by atoms with Crippen LogP contribution in [0.15, 0.2) is 115 Å². The van der Waals surface area contributed by atoms with E-state index in [4.69, 9.17) is 5.73 Å². The van der Waals surface area contributed by atoms with Crippen molar-refractivity contribution in [2.75, 3.05) is 23.2 Å². The van der Waals surface area contributed by atoms with Gasteiger partial charge >= 0.3 is 0 Å². The van der Waals surface area contributed by atoms with Gasteiger partial charge in [-0.2, -0.15) is 0 Å². The van der Waals surface area contributed by atoms with Gasteiger partial charge in [-0.25, -0.2) is 5.12 Å². The molecule has 5 aromatic carbocycles. The third kappa shape index (κ3) is 3.71. The second-order valence-electron chi connectivity index (χ2n) is 8.84. The molecule has 6 aromatic rings. The Balaban J connectivity index is 1.47. The Labute approximate surface area is 209 Å². The Kier molecular flexibility index (Phi) is 5.30. The first-order chi connectivity index (χ1) is 17.6. The smallest absolute Gasteiger partial charge is 0.0919 e. The van der Waals surface area contributed by atoms with Gasteiger partial charge in [0.2, 0.25) is 0 Å². The van der Waals surface area contributed by atoms with Crippen LogP contribution < -0.4 is 16.2 Å². The van der Waals surface area contributed by atoms with Gasteiger partial charge in [0.15, 0.2) is 0 Å². The van der Waals surface area contributed by atoms with Crippen molar-refractivity contribution in [1.82, 2.24) is 4.57 Å². The molecular formula is C31H25FN4. The van der Waals surface area contributed by atoms with E-state index in [-0.39, 0.29) is 0 Å². The fourth-order valence-electron chi connectivity index (χ4n) is 4.84. The normalized spacial score (nSPS) is 11.2. The van der Waals surface area contributed by atoms with E-state index in [1.165, 1.54) is 23.3 Å². The summed E-state index contributed by atoms with van der Waals surface area (Å²) in [5, 5.41) is 6.29. The average Bonchev–Trinajstić information content (AvgIpc) is 3.24. The molecule has 0 aliphatic heterocycles. The summed E-state index contributed by atoms with van der Waals surface area (Å²) in [4.78, 5) is 0. The summed E-state index contributed by atoms with van der Waals surface area (Å²) in [6.07, 6.45) is 0. The van der Waals surface area contributed by atoms with Gasteiger partial charge in [-0.1, -0.05) is 60.7 Å². The van der Waals surface area contributed by atoms with Crippen LogP contribution in [0.1, 0.15) is 0 Å². The Hall–Kier alpha value is -4.77. The van der Waals surface area contributed by atoms with Crippen molar-refractivity contribution in [3.8, 4) is 16.8 Å². The summed E-state index contributed by atoms with van der Waals surface area (Å²) in [5.74, 6) is 0. The molecule has 0 fully saturated rings. The summed E-state index contributed by atoms with van der Waals surface area (Å²) in [5.41, 5.74) is 14.3. The molecule has 0 aliphatic carbocycles. The molecule has 0 saturated carbocycles. The van der Waals surface area contributed by atoms with Gasteiger partial charge in [0, 0.05) is 23.5 Å². The lowest BCUT2D eigenvalue weighted by Crippen LogP contribution is -2.06. The molecule has 1 aromatic heterocycles. The van der Waals surface area contributed by atoms with E-state index in [1.54, 1.807) is 12.1 Å². The first-order valence-corrected chi connectivity index (χ1v) is 11.8. The van der Waals surface area contributed by atoms with Gasteiger partial charge in [-0.05, 0) is 65.7 Å². The molecule has 176 valence electrons. The standard InChI is InChI=1S/C31H25FN4/c1-35(32)31-14-8-6-12-27(31)34-28-20-22(15-17-26(28)33)21-16-18-30-25(19-21)24-11-5-7-13-29(24)36(30)23-9-3-2-4-10-23/h2-20,34H,33H2,1H3. The number of halogens is 1. The summed E-state index contributed by atoms with van der Waals surface area (Å²) >= 11 is 0. The highest BCUT2D eigenvalue weighted by atomic mass is 19.2. The van der Waals surface area contributed by atoms with Crippen LogP contribution in [-0.4, -0.2) is 11.6 Å². The van der Waals surface area contributed by atoms with Gasteiger partial charge in [-0.3, -0.25) is 0 Å². The van der Waals surface area contributed by atoms with Crippen LogP contribution in [0, 0.1) is 0 Å². The molecule has 6 rings (SSSR count). The summed E-state index contributed by atoms with van der Waals surface area (Å²) in [7, 11) is 1.38. The number of benzene rings is 5. The van der Waals surface area contributed by atoms with E-state index >= 15 is 0 Å². The molecule has 0 bridgehead atoms. The minimum absolute atomic E-state index is 0.442. The van der Waals surface area contributed by atoms with Crippen LogP contribution in [0.4, 0.5) is 27.2 Å². The SMILES string of the molecule is CN(F)c1ccccc1Nc1cc(-c2ccc3c(c2)c2ccccc2n3-c2ccccc2)ccc1N. The molecule has 3 N–H and O–H groups in total. The van der Waals surface area contributed by atoms with Crippen LogP contribution in [0.3, 0.4) is 0 Å². The second kappa shape index (κ2) is 8.78. The van der Waals surface area contributed by atoms with E-state index < -0.39 is 0 Å². The molecule has 0 saturated heterocycles. The van der Waals surface area contributed by atoms with Crippen molar-refractivity contribution in [3.63, 3.8) is 0 Å². The van der Waals surface area contributed by atoms with Gasteiger partial charge in [0.25, 0.3) is 0 Å². The lowest BCUT2D eigenvalue weighted by molar-refractivity contribution is 0.476. The van der Waals surface area contributed by atoms with Crippen LogP contribution in [0.2, 0.25) is 0 Å². The van der Waals surface area contributed by atoms with Crippen LogP contribution in [-0.2, 0) is 0 Å². The first kappa shape index (κ1) is 21.7. The van der Waals surface area contributed by atoms with E-state index in [9.17, 15) is 4.48 Å². The molecule has 1 heterocycles. The maximum absolute atomic E-state index is 14.0. The predicted molar refractivity (Wildman–Crippen MR) is 150 cm³/mol. The molecule has 36 heavy (non-hydrogen) atoms. The lowest BCUT2D eigenvalue weighted by atomic mass is 10.0. The van der Waals surface area contributed by atoms with E-state index in [0.29, 0.717) is 22.2 Å². The van der Waals surface area contributed by atoms with Gasteiger partial charge < -0.3 is 15.6 Å². The Morgan fingerprint density at radius 2 is 1.33 bits per heavy atom. The van der Waals surface area contributed by atoms with Crippen molar-refractivity contribution >= 4 is 44.6 Å². The van der Waals surface area contributed by atoms with Gasteiger partial charge in [-0.15, -0.1) is 4.48 Å². The molecule has 0 spiro atoms. The maximum atomic E-state index is 14.0. The van der Waals surface area contributed by atoms with Crippen LogP contribution in [0.5, 0.6) is 0 Å². The topological polar surface area (TPSA) is 46.2 Å². The monoisotopic (exact) mass is 472 g/mol. The number of para-hydroxylation sites is 4. The van der Waals surface area contributed by atoms with Gasteiger partial charge in [0.1, 0.15) is 0 Å². The first-order valence-electron chi connectivity index (χ1n) is 11.8. The number of rotatable bonds is 5. The third-order valence-corrected chi connectivity index (χ3v) is 6.58. The van der Waals surface area contributed by atoms with Crippen molar-refractivity contribution in [1.29, 1.82) is 0 Å². The number of hydrogen-bond acceptors (Lipinski definition) is 3. The lowest BCUT2D eigenvalue weighted by Gasteiger charge is -2.17. The number of nitrogens with one attached hydrogen (secondary N) is 1. The Morgan fingerprint density at radius 1 is 0.667 bits per heavy atom. The second-order valence-corrected chi connectivity index (χ2v) is 8.84. The highest BCUT2D eigenvalue weighted by molar-refractivity contribution is 6.10. The van der Waals surface area contributed by atoms with Gasteiger partial charge in [0.05, 0.1) is 33.8 Å². The highest BCUT2D eigenvalue weighted by Gasteiger charge is 2.14. The number of aromatic nitrogens is 1. The number of nitrogen functional groups attached to an aromatic ring is 1. The fourth-order valence-corrected chi connectivity index (χ4v) is 4.84. The molecule has 4 nitrogen and oxygen atoms in total. The molecule has 0 aliphatic rings. The summed E-state index contributed by atoms with van der Waals surface area (Å²) in [6.45, 7) is 0. The zero-order valence-corrected chi connectivity index (χ0v) is 19.8. The fraction of sp³-hybridized carbons (Fsp3) is 0.0323. The number of fused-ring (bicyclic) bond motifs is 3. The van der Waals surface area contributed by atoms with Crippen molar-refractivity contribution in [2.45, 2.75) is 0 Å². The number of nitrogens with two attached hydrogens (primary N) is 1. The highest BCUT2D eigenvalue weighted by Crippen LogP contribution is 2.37. The molecule has 0 atom stereocenters. The maximum Gasteiger partial charge on any atom is 0.0919 e. The van der Waals surface area contributed by atoms with Crippen molar-refractivity contribution < 1.29 is 4.48 Å². The molecular weight excluding hydrogens is 447 g/mol. The number of anilines is 4. The van der Waals surface area contributed by atoms with E-state index in [2.05, 4.69) is 76.6 Å². The molecule has 0 amide bonds. The third-order valence-electron chi connectivity index (χ3n) is 6.58. The zero-order valence-electron chi connectivity index (χ0n) is 19.8. The number of nitrogens with zero attached hydrogens (tertiary/aromatic N) is 2. The Morgan fingerprint density at radius 3 is 2.17 bits per heavy atom. The van der Waals surface area contributed by atoms with Crippen molar-refractivity contribution in [3.05, 3.63) is 115 Å². The zero-order chi connectivity index (χ0) is 24.6. The summed E-state index contributed by atoms with van der Waals surface area (Å²) in [6, 6.07) is 38.6. The molecule has 0 unspecified atom stereocenters.